The van der Waals surface area contributed by atoms with Gasteiger partial charge in [0.25, 0.3) is 0 Å². The molecule has 6 heteroatoms. The number of cyclic esters (lactones) is 1. The molecule has 1 fully saturated rings. The fraction of sp³-hybridized carbons (Fsp3) is 0.471. The number of fused-ring (bicyclic) bond motifs is 1. The van der Waals surface area contributed by atoms with Gasteiger partial charge in [-0.15, -0.1) is 0 Å². The van der Waals surface area contributed by atoms with Crippen molar-refractivity contribution in [2.45, 2.75) is 39.0 Å². The summed E-state index contributed by atoms with van der Waals surface area (Å²) in [7, 11) is 0. The lowest BCUT2D eigenvalue weighted by Gasteiger charge is -2.29. The van der Waals surface area contributed by atoms with Crippen molar-refractivity contribution in [1.29, 1.82) is 0 Å². The summed E-state index contributed by atoms with van der Waals surface area (Å²) in [5.41, 5.74) is 1.10. The third-order valence-corrected chi connectivity index (χ3v) is 4.16. The van der Waals surface area contributed by atoms with Gasteiger partial charge in [-0.2, -0.15) is 0 Å². The number of ether oxygens (including phenoxy) is 1. The number of esters is 1. The Labute approximate surface area is 134 Å². The highest BCUT2D eigenvalue weighted by Gasteiger charge is 2.46. The first kappa shape index (κ1) is 15.5. The van der Waals surface area contributed by atoms with Gasteiger partial charge in [0.1, 0.15) is 6.04 Å². The topological polar surface area (TPSA) is 75.7 Å². The first-order valence-corrected chi connectivity index (χ1v) is 7.88. The Bertz CT molecular complexity index is 656. The SMILES string of the molecule is CC(C)CNC(=O)C1CCC(=O)N1C1OC(=O)c2ccccc21. The predicted molar refractivity (Wildman–Crippen MR) is 82.3 cm³/mol. The highest BCUT2D eigenvalue weighted by atomic mass is 16.6. The maximum Gasteiger partial charge on any atom is 0.340 e. The summed E-state index contributed by atoms with van der Waals surface area (Å²) >= 11 is 0. The van der Waals surface area contributed by atoms with Gasteiger partial charge < -0.3 is 10.1 Å². The second kappa shape index (κ2) is 6.02. The van der Waals surface area contributed by atoms with Crippen molar-refractivity contribution in [1.82, 2.24) is 10.2 Å². The summed E-state index contributed by atoms with van der Waals surface area (Å²) in [6, 6.07) is 6.39. The Kier molecular flexibility index (Phi) is 4.07. The quantitative estimate of drug-likeness (QED) is 0.857. The van der Waals surface area contributed by atoms with Crippen LogP contribution in [-0.2, 0) is 14.3 Å². The van der Waals surface area contributed by atoms with Crippen LogP contribution in [0.2, 0.25) is 0 Å². The first-order valence-electron chi connectivity index (χ1n) is 7.88. The minimum Gasteiger partial charge on any atom is -0.433 e. The molecule has 0 bridgehead atoms. The molecule has 1 saturated heterocycles. The van der Waals surface area contributed by atoms with Crippen molar-refractivity contribution in [3.05, 3.63) is 35.4 Å². The molecular weight excluding hydrogens is 296 g/mol. The molecule has 0 spiro atoms. The molecule has 0 aromatic heterocycles. The van der Waals surface area contributed by atoms with Crippen LogP contribution in [0, 0.1) is 5.92 Å². The lowest BCUT2D eigenvalue weighted by atomic mass is 10.1. The molecule has 2 unspecified atom stereocenters. The van der Waals surface area contributed by atoms with E-state index >= 15 is 0 Å². The van der Waals surface area contributed by atoms with Gasteiger partial charge in [-0.1, -0.05) is 32.0 Å². The van der Waals surface area contributed by atoms with E-state index in [0.717, 1.165) is 0 Å². The van der Waals surface area contributed by atoms with Gasteiger partial charge in [0, 0.05) is 18.5 Å². The molecule has 6 nitrogen and oxygen atoms in total. The van der Waals surface area contributed by atoms with E-state index in [1.807, 2.05) is 13.8 Å². The largest absolute Gasteiger partial charge is 0.433 e. The molecule has 1 aromatic carbocycles. The molecule has 122 valence electrons. The normalized spacial score (nSPS) is 23.2. The maximum absolute atomic E-state index is 12.4. The summed E-state index contributed by atoms with van der Waals surface area (Å²) in [4.78, 5) is 38.1. The molecule has 2 heterocycles. The lowest BCUT2D eigenvalue weighted by Crippen LogP contribution is -2.47. The number of carbonyl (C=O) groups is 3. The van der Waals surface area contributed by atoms with Crippen molar-refractivity contribution < 1.29 is 19.1 Å². The number of hydrogen-bond acceptors (Lipinski definition) is 4. The number of nitrogens with zero attached hydrogens (tertiary/aromatic N) is 1. The van der Waals surface area contributed by atoms with Gasteiger partial charge in [0.05, 0.1) is 5.56 Å². The van der Waals surface area contributed by atoms with E-state index in [2.05, 4.69) is 5.32 Å². The van der Waals surface area contributed by atoms with Crippen molar-refractivity contribution in [3.63, 3.8) is 0 Å². The second-order valence-corrected chi connectivity index (χ2v) is 6.34. The van der Waals surface area contributed by atoms with Crippen LogP contribution in [0.4, 0.5) is 0 Å². The van der Waals surface area contributed by atoms with Crippen molar-refractivity contribution >= 4 is 17.8 Å². The standard InChI is InChI=1S/C17H20N2O4/c1-10(2)9-18-15(21)13-7-8-14(20)19(13)16-11-5-3-4-6-12(11)17(22)23-16/h3-6,10,13,16H,7-9H2,1-2H3,(H,18,21). The number of rotatable bonds is 4. The van der Waals surface area contributed by atoms with Gasteiger partial charge >= 0.3 is 5.97 Å². The molecule has 0 radical (unpaired) electrons. The van der Waals surface area contributed by atoms with Crippen LogP contribution < -0.4 is 5.32 Å². The van der Waals surface area contributed by atoms with Gasteiger partial charge in [-0.05, 0) is 18.4 Å². The third kappa shape index (κ3) is 2.81. The predicted octanol–water partition coefficient (Wildman–Crippen LogP) is 1.62. The highest BCUT2D eigenvalue weighted by Crippen LogP contribution is 2.38. The van der Waals surface area contributed by atoms with E-state index < -0.39 is 18.2 Å². The average Bonchev–Trinajstić information content (AvgIpc) is 3.06. The number of benzene rings is 1. The second-order valence-electron chi connectivity index (χ2n) is 6.34. The van der Waals surface area contributed by atoms with Crippen LogP contribution in [0.15, 0.2) is 24.3 Å². The van der Waals surface area contributed by atoms with Crippen LogP contribution in [0.25, 0.3) is 0 Å². The molecule has 0 aliphatic carbocycles. The van der Waals surface area contributed by atoms with Crippen molar-refractivity contribution in [3.8, 4) is 0 Å². The fourth-order valence-corrected chi connectivity index (χ4v) is 3.01. The third-order valence-electron chi connectivity index (χ3n) is 4.16. The highest BCUT2D eigenvalue weighted by molar-refractivity contribution is 5.96. The number of nitrogens with one attached hydrogen (secondary N) is 1. The Morgan fingerprint density at radius 1 is 1.35 bits per heavy atom. The van der Waals surface area contributed by atoms with Crippen LogP contribution >= 0.6 is 0 Å². The van der Waals surface area contributed by atoms with E-state index in [4.69, 9.17) is 4.74 Å². The van der Waals surface area contributed by atoms with E-state index in [9.17, 15) is 14.4 Å². The Balaban J connectivity index is 1.84. The zero-order valence-electron chi connectivity index (χ0n) is 13.2. The number of carbonyl (C=O) groups excluding carboxylic acids is 3. The molecule has 2 aliphatic rings. The monoisotopic (exact) mass is 316 g/mol. The van der Waals surface area contributed by atoms with Gasteiger partial charge in [0.2, 0.25) is 18.0 Å². The Morgan fingerprint density at radius 2 is 2.09 bits per heavy atom. The Morgan fingerprint density at radius 3 is 2.83 bits per heavy atom. The van der Waals surface area contributed by atoms with Gasteiger partial charge in [0.15, 0.2) is 0 Å². The number of amides is 2. The Hall–Kier alpha value is -2.37. The van der Waals surface area contributed by atoms with E-state index in [-0.39, 0.29) is 18.2 Å². The summed E-state index contributed by atoms with van der Waals surface area (Å²) in [6.07, 6.45) is -0.0712. The molecule has 2 aliphatic heterocycles. The van der Waals surface area contributed by atoms with E-state index in [1.54, 1.807) is 24.3 Å². The minimum absolute atomic E-state index is 0.163. The fourth-order valence-electron chi connectivity index (χ4n) is 3.01. The number of hydrogen-bond donors (Lipinski definition) is 1. The molecular formula is C17H20N2O4. The van der Waals surface area contributed by atoms with E-state index in [0.29, 0.717) is 30.0 Å². The van der Waals surface area contributed by atoms with E-state index in [1.165, 1.54) is 4.90 Å². The zero-order chi connectivity index (χ0) is 16.6. The van der Waals surface area contributed by atoms with Crippen LogP contribution in [-0.4, -0.2) is 35.3 Å². The summed E-state index contributed by atoms with van der Waals surface area (Å²) in [6.45, 7) is 4.57. The maximum atomic E-state index is 12.4. The number of likely N-dealkylation sites (tertiary alicyclic amines) is 1. The lowest BCUT2D eigenvalue weighted by molar-refractivity contribution is -0.145. The van der Waals surface area contributed by atoms with Crippen LogP contribution in [0.3, 0.4) is 0 Å². The van der Waals surface area contributed by atoms with Crippen molar-refractivity contribution in [2.24, 2.45) is 5.92 Å². The molecule has 3 rings (SSSR count). The smallest absolute Gasteiger partial charge is 0.340 e. The van der Waals surface area contributed by atoms with Gasteiger partial charge in [-0.3, -0.25) is 14.5 Å². The summed E-state index contributed by atoms with van der Waals surface area (Å²) in [5, 5.41) is 2.86. The summed E-state index contributed by atoms with van der Waals surface area (Å²) < 4.78 is 5.38. The van der Waals surface area contributed by atoms with Gasteiger partial charge in [-0.25, -0.2) is 4.79 Å². The average molecular weight is 316 g/mol. The minimum atomic E-state index is -0.802. The molecule has 23 heavy (non-hydrogen) atoms. The molecule has 1 aromatic rings. The molecule has 1 N–H and O–H groups in total. The molecule has 2 amide bonds. The molecule has 0 saturated carbocycles. The van der Waals surface area contributed by atoms with Crippen LogP contribution in [0.1, 0.15) is 48.8 Å². The molecule has 2 atom stereocenters. The van der Waals surface area contributed by atoms with Crippen molar-refractivity contribution in [2.75, 3.05) is 6.54 Å². The van der Waals surface area contributed by atoms with Crippen LogP contribution in [0.5, 0.6) is 0 Å². The zero-order valence-corrected chi connectivity index (χ0v) is 13.2. The first-order chi connectivity index (χ1) is 11.0. The summed E-state index contributed by atoms with van der Waals surface area (Å²) in [5.74, 6) is -0.477.